The van der Waals surface area contributed by atoms with Crippen LogP contribution < -0.4 is 0 Å². The number of benzene rings is 1. The van der Waals surface area contributed by atoms with Crippen molar-refractivity contribution in [2.45, 2.75) is 13.8 Å². The van der Waals surface area contributed by atoms with Crippen molar-refractivity contribution >= 4 is 23.0 Å². The standard InChI is InChI=1S/C16H14N2O2/c1-11-7-8-13(20-11)9-10-16(19)18-12(2)17-14-5-3-4-6-15(14)18/h3-10H,1-2H3/b10-9+. The first-order valence-electron chi connectivity index (χ1n) is 6.38. The topological polar surface area (TPSA) is 48.0 Å². The molecule has 0 saturated heterocycles. The van der Waals surface area contributed by atoms with Gasteiger partial charge in [-0.15, -0.1) is 0 Å². The first-order valence-corrected chi connectivity index (χ1v) is 6.38. The Balaban J connectivity index is 1.96. The fourth-order valence-electron chi connectivity index (χ4n) is 2.20. The zero-order valence-electron chi connectivity index (χ0n) is 11.3. The van der Waals surface area contributed by atoms with Crippen LogP contribution in [0, 0.1) is 13.8 Å². The Hall–Kier alpha value is -2.62. The van der Waals surface area contributed by atoms with Crippen molar-refractivity contribution in [3.63, 3.8) is 0 Å². The summed E-state index contributed by atoms with van der Waals surface area (Å²) in [5.41, 5.74) is 1.64. The van der Waals surface area contributed by atoms with Crippen LogP contribution in [0.2, 0.25) is 0 Å². The maximum Gasteiger partial charge on any atom is 0.256 e. The zero-order valence-corrected chi connectivity index (χ0v) is 11.3. The minimum absolute atomic E-state index is 0.134. The molecule has 0 aliphatic heterocycles. The van der Waals surface area contributed by atoms with Crippen LogP contribution >= 0.6 is 0 Å². The van der Waals surface area contributed by atoms with Crippen LogP contribution in [0.25, 0.3) is 17.1 Å². The summed E-state index contributed by atoms with van der Waals surface area (Å²) in [7, 11) is 0. The third kappa shape index (κ3) is 2.16. The summed E-state index contributed by atoms with van der Waals surface area (Å²) in [5.74, 6) is 2.03. The lowest BCUT2D eigenvalue weighted by molar-refractivity contribution is 0.0972. The van der Waals surface area contributed by atoms with E-state index in [9.17, 15) is 4.79 Å². The van der Waals surface area contributed by atoms with Crippen molar-refractivity contribution < 1.29 is 9.21 Å². The number of carbonyl (C=O) groups excluding carboxylic acids is 1. The third-order valence-electron chi connectivity index (χ3n) is 3.10. The summed E-state index contributed by atoms with van der Waals surface area (Å²) >= 11 is 0. The van der Waals surface area contributed by atoms with Gasteiger partial charge in [0.2, 0.25) is 0 Å². The number of hydrogen-bond acceptors (Lipinski definition) is 3. The number of rotatable bonds is 2. The molecular weight excluding hydrogens is 252 g/mol. The van der Waals surface area contributed by atoms with Crippen molar-refractivity contribution in [1.82, 2.24) is 9.55 Å². The average Bonchev–Trinajstić information content (AvgIpc) is 2.98. The summed E-state index contributed by atoms with van der Waals surface area (Å²) in [6.45, 7) is 3.69. The quantitative estimate of drug-likeness (QED) is 0.666. The van der Waals surface area contributed by atoms with Gasteiger partial charge in [-0.25, -0.2) is 4.98 Å². The first kappa shape index (κ1) is 12.4. The molecule has 3 rings (SSSR count). The first-order chi connectivity index (χ1) is 9.65. The number of imidazole rings is 1. The minimum atomic E-state index is -0.134. The number of hydrogen-bond donors (Lipinski definition) is 0. The fraction of sp³-hybridized carbons (Fsp3) is 0.125. The highest BCUT2D eigenvalue weighted by Crippen LogP contribution is 2.16. The normalized spacial score (nSPS) is 11.5. The van der Waals surface area contributed by atoms with E-state index in [1.807, 2.05) is 50.2 Å². The van der Waals surface area contributed by atoms with E-state index in [0.29, 0.717) is 11.6 Å². The predicted molar refractivity (Wildman–Crippen MR) is 77.6 cm³/mol. The molecule has 2 heterocycles. The summed E-state index contributed by atoms with van der Waals surface area (Å²) in [5, 5.41) is 0. The monoisotopic (exact) mass is 266 g/mol. The molecule has 20 heavy (non-hydrogen) atoms. The molecule has 0 amide bonds. The Bertz CT molecular complexity index is 809. The smallest absolute Gasteiger partial charge is 0.256 e. The molecule has 0 bridgehead atoms. The van der Waals surface area contributed by atoms with Gasteiger partial charge in [0.15, 0.2) is 0 Å². The summed E-state index contributed by atoms with van der Waals surface area (Å²) in [6.07, 6.45) is 3.17. The number of aryl methyl sites for hydroxylation is 2. The predicted octanol–water partition coefficient (Wildman–Crippen LogP) is 3.60. The lowest BCUT2D eigenvalue weighted by Crippen LogP contribution is -2.08. The van der Waals surface area contributed by atoms with Gasteiger partial charge < -0.3 is 4.42 Å². The third-order valence-corrected chi connectivity index (χ3v) is 3.10. The van der Waals surface area contributed by atoms with E-state index in [2.05, 4.69) is 4.98 Å². The maximum absolute atomic E-state index is 12.3. The van der Waals surface area contributed by atoms with E-state index < -0.39 is 0 Å². The van der Waals surface area contributed by atoms with Crippen LogP contribution in [-0.2, 0) is 0 Å². The van der Waals surface area contributed by atoms with Crippen molar-refractivity contribution in [2.24, 2.45) is 0 Å². The van der Waals surface area contributed by atoms with Crippen molar-refractivity contribution in [3.8, 4) is 0 Å². The molecule has 0 aliphatic carbocycles. The Morgan fingerprint density at radius 3 is 2.75 bits per heavy atom. The lowest BCUT2D eigenvalue weighted by Gasteiger charge is -2.00. The number of allylic oxidation sites excluding steroid dienone is 1. The van der Waals surface area contributed by atoms with E-state index in [-0.39, 0.29) is 5.91 Å². The Morgan fingerprint density at radius 1 is 1.20 bits per heavy atom. The molecule has 0 unspecified atom stereocenters. The van der Waals surface area contributed by atoms with Gasteiger partial charge in [-0.1, -0.05) is 12.1 Å². The number of carbonyl (C=O) groups is 1. The van der Waals surface area contributed by atoms with Gasteiger partial charge >= 0.3 is 0 Å². The maximum atomic E-state index is 12.3. The van der Waals surface area contributed by atoms with E-state index in [1.54, 1.807) is 10.6 Å². The van der Waals surface area contributed by atoms with Gasteiger partial charge in [0, 0.05) is 6.08 Å². The summed E-state index contributed by atoms with van der Waals surface area (Å²) in [6, 6.07) is 11.3. The van der Waals surface area contributed by atoms with Gasteiger partial charge in [-0.3, -0.25) is 9.36 Å². The second-order valence-electron chi connectivity index (χ2n) is 4.60. The number of para-hydroxylation sites is 2. The second kappa shape index (κ2) is 4.81. The summed E-state index contributed by atoms with van der Waals surface area (Å²) < 4.78 is 7.00. The number of nitrogens with zero attached hydrogens (tertiary/aromatic N) is 2. The van der Waals surface area contributed by atoms with Crippen LogP contribution in [0.15, 0.2) is 46.9 Å². The average molecular weight is 266 g/mol. The Kier molecular flexibility index (Phi) is 2.99. The molecule has 0 atom stereocenters. The van der Waals surface area contributed by atoms with E-state index >= 15 is 0 Å². The van der Waals surface area contributed by atoms with E-state index in [4.69, 9.17) is 4.42 Å². The molecule has 0 radical (unpaired) electrons. The van der Waals surface area contributed by atoms with Crippen molar-refractivity contribution in [2.75, 3.05) is 0 Å². The van der Waals surface area contributed by atoms with Crippen LogP contribution in [0.5, 0.6) is 0 Å². The highest BCUT2D eigenvalue weighted by molar-refractivity contribution is 5.99. The zero-order chi connectivity index (χ0) is 14.1. The molecule has 0 N–H and O–H groups in total. The van der Waals surface area contributed by atoms with E-state index in [1.165, 1.54) is 6.08 Å². The molecule has 0 aliphatic rings. The molecule has 2 aromatic heterocycles. The molecule has 4 heteroatoms. The largest absolute Gasteiger partial charge is 0.462 e. The minimum Gasteiger partial charge on any atom is -0.462 e. The van der Waals surface area contributed by atoms with Crippen LogP contribution in [-0.4, -0.2) is 15.5 Å². The molecule has 1 aromatic carbocycles. The van der Waals surface area contributed by atoms with E-state index in [0.717, 1.165) is 16.8 Å². The number of furan rings is 1. The lowest BCUT2D eigenvalue weighted by atomic mass is 10.3. The van der Waals surface area contributed by atoms with Crippen molar-refractivity contribution in [3.05, 3.63) is 59.8 Å². The number of fused-ring (bicyclic) bond motifs is 1. The molecule has 3 aromatic rings. The molecule has 4 nitrogen and oxygen atoms in total. The molecular formula is C16H14N2O2. The van der Waals surface area contributed by atoms with Gasteiger partial charge in [0.1, 0.15) is 17.3 Å². The van der Waals surface area contributed by atoms with Gasteiger partial charge in [-0.2, -0.15) is 0 Å². The molecule has 100 valence electrons. The molecule has 0 fully saturated rings. The van der Waals surface area contributed by atoms with Gasteiger partial charge in [0.05, 0.1) is 11.0 Å². The SMILES string of the molecule is Cc1ccc(/C=C/C(=O)n2c(C)nc3ccccc32)o1. The van der Waals surface area contributed by atoms with Gasteiger partial charge in [0.25, 0.3) is 5.91 Å². The Labute approximate surface area is 116 Å². The number of aromatic nitrogens is 2. The van der Waals surface area contributed by atoms with Gasteiger partial charge in [-0.05, 0) is 44.2 Å². The Morgan fingerprint density at radius 2 is 2.00 bits per heavy atom. The van der Waals surface area contributed by atoms with Crippen molar-refractivity contribution in [1.29, 1.82) is 0 Å². The highest BCUT2D eigenvalue weighted by Gasteiger charge is 2.11. The second-order valence-corrected chi connectivity index (χ2v) is 4.60. The fourth-order valence-corrected chi connectivity index (χ4v) is 2.20. The summed E-state index contributed by atoms with van der Waals surface area (Å²) in [4.78, 5) is 16.7. The molecule has 0 saturated carbocycles. The molecule has 0 spiro atoms. The van der Waals surface area contributed by atoms with Crippen LogP contribution in [0.4, 0.5) is 0 Å². The highest BCUT2D eigenvalue weighted by atomic mass is 16.3. The van der Waals surface area contributed by atoms with Crippen LogP contribution in [0.3, 0.4) is 0 Å². The van der Waals surface area contributed by atoms with Crippen LogP contribution in [0.1, 0.15) is 22.1 Å².